The number of hydrogen-bond acceptors (Lipinski definition) is 7. The average Bonchev–Trinajstić information content (AvgIpc) is 2.73. The number of rotatable bonds is 9. The molecule has 7 nitrogen and oxygen atoms in total. The molecular formula is C22H28N2O5S. The van der Waals surface area contributed by atoms with Gasteiger partial charge in [0.1, 0.15) is 5.56 Å². The predicted molar refractivity (Wildman–Crippen MR) is 119 cm³/mol. The first kappa shape index (κ1) is 22.2. The summed E-state index contributed by atoms with van der Waals surface area (Å²) in [5, 5.41) is 0. The molecule has 30 heavy (non-hydrogen) atoms. The van der Waals surface area contributed by atoms with Gasteiger partial charge in [0.15, 0.2) is 16.9 Å². The maximum atomic E-state index is 12.7. The van der Waals surface area contributed by atoms with Gasteiger partial charge in [0.2, 0.25) is 0 Å². The second-order valence-corrected chi connectivity index (χ2v) is 7.49. The summed E-state index contributed by atoms with van der Waals surface area (Å²) in [6.07, 6.45) is 4.32. The number of nitrogens with zero attached hydrogens (tertiary/aromatic N) is 1. The zero-order valence-electron chi connectivity index (χ0n) is 17.8. The van der Waals surface area contributed by atoms with Crippen molar-refractivity contribution in [2.45, 2.75) is 33.2 Å². The highest BCUT2D eigenvalue weighted by atomic mass is 32.2. The molecule has 0 fully saturated rings. The van der Waals surface area contributed by atoms with E-state index in [1.54, 1.807) is 13.1 Å². The Labute approximate surface area is 180 Å². The summed E-state index contributed by atoms with van der Waals surface area (Å²) < 4.78 is 21.9. The van der Waals surface area contributed by atoms with E-state index >= 15 is 0 Å². The van der Waals surface area contributed by atoms with Gasteiger partial charge >= 0.3 is 5.97 Å². The summed E-state index contributed by atoms with van der Waals surface area (Å²) in [6, 6.07) is 5.48. The fraction of sp³-hybridized carbons (Fsp3) is 0.455. The molecule has 1 aliphatic heterocycles. The van der Waals surface area contributed by atoms with E-state index in [0.717, 1.165) is 23.2 Å². The van der Waals surface area contributed by atoms with Crippen molar-refractivity contribution in [3.05, 3.63) is 45.7 Å². The van der Waals surface area contributed by atoms with Crippen LogP contribution < -0.4 is 19.6 Å². The van der Waals surface area contributed by atoms with Gasteiger partial charge in [-0.25, -0.2) is 4.79 Å². The molecule has 1 aliphatic rings. The van der Waals surface area contributed by atoms with Crippen LogP contribution in [0.2, 0.25) is 0 Å². The van der Waals surface area contributed by atoms with E-state index in [1.807, 2.05) is 36.8 Å². The molecule has 2 heterocycles. The normalized spacial score (nSPS) is 14.6. The van der Waals surface area contributed by atoms with Crippen molar-refractivity contribution in [1.82, 2.24) is 9.29 Å². The molecule has 162 valence electrons. The number of carbonyl (C=O) groups is 1. The minimum absolute atomic E-state index is 0.0288. The van der Waals surface area contributed by atoms with Crippen LogP contribution >= 0.6 is 11.9 Å². The highest BCUT2D eigenvalue weighted by molar-refractivity contribution is 7.96. The van der Waals surface area contributed by atoms with Crippen LogP contribution in [0.15, 0.2) is 29.2 Å². The molecule has 1 unspecified atom stereocenters. The minimum atomic E-state index is -0.595. The summed E-state index contributed by atoms with van der Waals surface area (Å²) >= 11 is 1.53. The fourth-order valence-electron chi connectivity index (χ4n) is 3.68. The molecule has 1 aromatic carbocycles. The Bertz CT molecular complexity index is 973. The molecular weight excluding hydrogens is 404 g/mol. The maximum Gasteiger partial charge on any atom is 0.343 e. The van der Waals surface area contributed by atoms with Crippen LogP contribution in [0.25, 0.3) is 11.3 Å². The van der Waals surface area contributed by atoms with Gasteiger partial charge in [-0.05, 0) is 51.1 Å². The standard InChI is InChI=1S/C22H28N2O5S/c1-5-27-20-9-14-8-15(12-23-30-4)24-13-17(22(26)29-7-3)19(25)11-18(24)16(14)10-21(20)28-6-2/h9-11,13,15,23H,5-8,12H2,1-4H3. The van der Waals surface area contributed by atoms with Gasteiger partial charge in [0, 0.05) is 24.4 Å². The monoisotopic (exact) mass is 432 g/mol. The number of pyridine rings is 1. The largest absolute Gasteiger partial charge is 0.490 e. The summed E-state index contributed by atoms with van der Waals surface area (Å²) in [6.45, 7) is 7.52. The molecule has 3 rings (SSSR count). The van der Waals surface area contributed by atoms with Crippen molar-refractivity contribution in [2.24, 2.45) is 0 Å². The zero-order chi connectivity index (χ0) is 21.7. The van der Waals surface area contributed by atoms with Gasteiger partial charge in [-0.15, -0.1) is 0 Å². The number of nitrogens with one attached hydrogen (secondary N) is 1. The van der Waals surface area contributed by atoms with Gasteiger partial charge in [0.25, 0.3) is 0 Å². The van der Waals surface area contributed by atoms with E-state index < -0.39 is 5.97 Å². The number of esters is 1. The molecule has 1 atom stereocenters. The molecule has 1 N–H and O–H groups in total. The third-order valence-electron chi connectivity index (χ3n) is 4.93. The third kappa shape index (κ3) is 4.49. The minimum Gasteiger partial charge on any atom is -0.490 e. The topological polar surface area (TPSA) is 78.8 Å². The van der Waals surface area contributed by atoms with E-state index in [-0.39, 0.29) is 23.6 Å². The van der Waals surface area contributed by atoms with Crippen LogP contribution in [0.1, 0.15) is 42.7 Å². The van der Waals surface area contributed by atoms with Crippen molar-refractivity contribution in [1.29, 1.82) is 0 Å². The van der Waals surface area contributed by atoms with Crippen LogP contribution in [-0.4, -0.2) is 43.2 Å². The van der Waals surface area contributed by atoms with E-state index in [0.29, 0.717) is 31.3 Å². The first-order chi connectivity index (χ1) is 14.5. The molecule has 0 aliphatic carbocycles. The van der Waals surface area contributed by atoms with Gasteiger partial charge in [0.05, 0.1) is 31.6 Å². The Balaban J connectivity index is 2.17. The maximum absolute atomic E-state index is 12.7. The first-order valence-corrected chi connectivity index (χ1v) is 11.4. The summed E-state index contributed by atoms with van der Waals surface area (Å²) in [4.78, 5) is 25.0. The zero-order valence-corrected chi connectivity index (χ0v) is 18.6. The highest BCUT2D eigenvalue weighted by Crippen LogP contribution is 2.41. The quantitative estimate of drug-likeness (QED) is 0.480. The van der Waals surface area contributed by atoms with Gasteiger partial charge in [-0.3, -0.25) is 9.52 Å². The summed E-state index contributed by atoms with van der Waals surface area (Å²) in [5.41, 5.74) is 2.45. The molecule has 1 aromatic heterocycles. The second-order valence-electron chi connectivity index (χ2n) is 6.80. The van der Waals surface area contributed by atoms with Gasteiger partial charge in [-0.1, -0.05) is 11.9 Å². The van der Waals surface area contributed by atoms with E-state index in [1.165, 1.54) is 18.0 Å². The Morgan fingerprint density at radius 1 is 1.13 bits per heavy atom. The van der Waals surface area contributed by atoms with Gasteiger partial charge in [-0.2, -0.15) is 0 Å². The van der Waals surface area contributed by atoms with E-state index in [9.17, 15) is 9.59 Å². The van der Waals surface area contributed by atoms with Crippen LogP contribution in [-0.2, 0) is 11.2 Å². The molecule has 2 aromatic rings. The van der Waals surface area contributed by atoms with Crippen molar-refractivity contribution in [3.63, 3.8) is 0 Å². The predicted octanol–water partition coefficient (Wildman–Crippen LogP) is 3.45. The average molecular weight is 433 g/mol. The van der Waals surface area contributed by atoms with Crippen molar-refractivity contribution in [3.8, 4) is 22.8 Å². The smallest absolute Gasteiger partial charge is 0.343 e. The van der Waals surface area contributed by atoms with Crippen molar-refractivity contribution >= 4 is 17.9 Å². The number of fused-ring (bicyclic) bond motifs is 3. The molecule has 0 saturated heterocycles. The Morgan fingerprint density at radius 3 is 2.47 bits per heavy atom. The highest BCUT2D eigenvalue weighted by Gasteiger charge is 2.28. The number of hydrogen-bond donors (Lipinski definition) is 1. The third-order valence-corrected chi connectivity index (χ3v) is 5.39. The van der Waals surface area contributed by atoms with Crippen LogP contribution in [0.3, 0.4) is 0 Å². The Hall–Kier alpha value is -2.45. The van der Waals surface area contributed by atoms with E-state index in [2.05, 4.69) is 4.72 Å². The van der Waals surface area contributed by atoms with Gasteiger partial charge < -0.3 is 18.8 Å². The summed E-state index contributed by atoms with van der Waals surface area (Å²) in [7, 11) is 0. The second kappa shape index (κ2) is 10.0. The Kier molecular flexibility index (Phi) is 7.44. The SMILES string of the molecule is CCOC(=O)c1cn2c(cc1=O)-c1cc(OCC)c(OCC)cc1CC2CNSC. The van der Waals surface area contributed by atoms with Crippen molar-refractivity contribution in [2.75, 3.05) is 32.6 Å². The van der Waals surface area contributed by atoms with Crippen LogP contribution in [0, 0.1) is 0 Å². The number of carbonyl (C=O) groups excluding carboxylic acids is 1. The lowest BCUT2D eigenvalue weighted by molar-refractivity contribution is 0.0523. The molecule has 0 amide bonds. The number of aromatic nitrogens is 1. The fourth-order valence-corrected chi connectivity index (χ4v) is 4.04. The molecule has 0 radical (unpaired) electrons. The summed E-state index contributed by atoms with van der Waals surface area (Å²) in [5.74, 6) is 0.753. The van der Waals surface area contributed by atoms with Crippen molar-refractivity contribution < 1.29 is 19.0 Å². The molecule has 0 spiro atoms. The first-order valence-electron chi connectivity index (χ1n) is 10.2. The van der Waals surface area contributed by atoms with Crippen LogP contribution in [0.5, 0.6) is 11.5 Å². The number of benzene rings is 1. The molecule has 0 saturated carbocycles. The Morgan fingerprint density at radius 2 is 1.83 bits per heavy atom. The lowest BCUT2D eigenvalue weighted by Gasteiger charge is -2.31. The lowest BCUT2D eigenvalue weighted by Crippen LogP contribution is -2.30. The lowest BCUT2D eigenvalue weighted by atomic mass is 9.91. The molecule has 8 heteroatoms. The molecule has 0 bridgehead atoms. The number of ether oxygens (including phenoxy) is 3. The van der Waals surface area contributed by atoms with Crippen LogP contribution in [0.4, 0.5) is 0 Å². The van der Waals surface area contributed by atoms with E-state index in [4.69, 9.17) is 14.2 Å².